The van der Waals surface area contributed by atoms with E-state index in [2.05, 4.69) is 119 Å². The molecule has 0 aliphatic carbocycles. The zero-order chi connectivity index (χ0) is 49.2. The molecule has 0 spiro atoms. The number of hydrogen-bond acceptors (Lipinski definition) is 6. The number of para-hydroxylation sites is 4. The van der Waals surface area contributed by atoms with Gasteiger partial charge in [0.15, 0.2) is 0 Å². The molecule has 0 atom stereocenters. The molecule has 13 aromatic carbocycles. The molecule has 6 nitrogen and oxygen atoms in total. The van der Waals surface area contributed by atoms with Crippen LogP contribution < -0.4 is 28.7 Å². The van der Waals surface area contributed by atoms with E-state index in [1.54, 1.807) is 0 Å². The fourth-order valence-corrected chi connectivity index (χ4v) is 10.1. The zero-order valence-corrected chi connectivity index (χ0v) is 40.1. The van der Waals surface area contributed by atoms with Crippen LogP contribution in [-0.2, 0) is 0 Å². The van der Waals surface area contributed by atoms with Crippen LogP contribution in [0.15, 0.2) is 279 Å². The molecule has 0 aliphatic heterocycles. The van der Waals surface area contributed by atoms with Gasteiger partial charge in [-0.3, -0.25) is 0 Å². The maximum absolute atomic E-state index is 6.26. The molecular weight excluding hydrogens is 909 g/mol. The van der Waals surface area contributed by atoms with Crippen molar-refractivity contribution in [2.24, 2.45) is 0 Å². The zero-order valence-electron chi connectivity index (χ0n) is 40.1. The fourth-order valence-electron chi connectivity index (χ4n) is 10.1. The van der Waals surface area contributed by atoms with Gasteiger partial charge in [-0.15, -0.1) is 0 Å². The van der Waals surface area contributed by atoms with Gasteiger partial charge in [-0.25, -0.2) is 0 Å². The SMILES string of the molecule is c1ccc(Oc2ccc(N(c3ccc(Oc4ccccc4)cc3)c3ccc4c5cccc6c(N(c7ccc(Oc8ccccc8)cc7)c7ccc(Oc8ccccc8)cc7)ccc(c7cccc3c74)c65)cc2)cc1. The smallest absolute Gasteiger partial charge is 0.127 e. The highest BCUT2D eigenvalue weighted by Crippen LogP contribution is 2.49. The van der Waals surface area contributed by atoms with Crippen LogP contribution in [0.1, 0.15) is 0 Å². The summed E-state index contributed by atoms with van der Waals surface area (Å²) in [6, 6.07) is 95.3. The van der Waals surface area contributed by atoms with Gasteiger partial charge in [0.2, 0.25) is 0 Å². The number of anilines is 6. The van der Waals surface area contributed by atoms with Crippen LogP contribution in [0.2, 0.25) is 0 Å². The molecule has 0 radical (unpaired) electrons. The maximum atomic E-state index is 6.26. The van der Waals surface area contributed by atoms with Crippen LogP contribution >= 0.6 is 0 Å². The second-order valence-electron chi connectivity index (χ2n) is 18.0. The molecule has 0 fully saturated rings. The number of rotatable bonds is 14. The molecule has 74 heavy (non-hydrogen) atoms. The Morgan fingerprint density at radius 1 is 0.176 bits per heavy atom. The second-order valence-corrected chi connectivity index (χ2v) is 18.0. The first-order chi connectivity index (χ1) is 36.7. The highest BCUT2D eigenvalue weighted by molar-refractivity contribution is 6.35. The van der Waals surface area contributed by atoms with Crippen molar-refractivity contribution in [1.29, 1.82) is 0 Å². The number of nitrogens with zero attached hydrogens (tertiary/aromatic N) is 2. The van der Waals surface area contributed by atoms with Crippen LogP contribution in [0.5, 0.6) is 46.0 Å². The molecule has 13 rings (SSSR count). The standard InChI is InChI=1S/C68H46N2O4/c1-5-15-51(16-6-1)71-55-35-27-47(28-36-55)69(48-29-37-56(38-30-48)72-52-17-7-2-8-18-52)65-45-43-61-60-24-14-26-64-66(46-44-62(68(60)64)59-23-13-25-63(65)67(59)61)70(49-31-39-57(40-32-49)73-53-19-9-3-10-20-53)50-33-41-58(42-34-50)74-54-21-11-4-12-22-54/h1-46H. The third-order valence-corrected chi connectivity index (χ3v) is 13.4. The third kappa shape index (κ3) is 8.56. The van der Waals surface area contributed by atoms with Crippen molar-refractivity contribution in [3.63, 3.8) is 0 Å². The molecule has 0 bridgehead atoms. The Morgan fingerprint density at radius 3 is 0.676 bits per heavy atom. The molecule has 0 aromatic heterocycles. The Labute approximate surface area is 429 Å². The van der Waals surface area contributed by atoms with E-state index in [0.717, 1.165) is 90.9 Å². The van der Waals surface area contributed by atoms with Gasteiger partial charge in [0.25, 0.3) is 0 Å². The van der Waals surface area contributed by atoms with E-state index < -0.39 is 0 Å². The number of benzene rings is 13. The Morgan fingerprint density at radius 2 is 0.405 bits per heavy atom. The molecule has 0 saturated carbocycles. The summed E-state index contributed by atoms with van der Waals surface area (Å²) in [5.74, 6) is 6.19. The maximum Gasteiger partial charge on any atom is 0.127 e. The van der Waals surface area contributed by atoms with E-state index in [0.29, 0.717) is 0 Å². The molecule has 6 heteroatoms. The van der Waals surface area contributed by atoms with E-state index in [9.17, 15) is 0 Å². The van der Waals surface area contributed by atoms with Gasteiger partial charge in [0, 0.05) is 33.5 Å². The van der Waals surface area contributed by atoms with Gasteiger partial charge >= 0.3 is 0 Å². The molecule has 13 aromatic rings. The molecule has 352 valence electrons. The van der Waals surface area contributed by atoms with Gasteiger partial charge < -0.3 is 28.7 Å². The van der Waals surface area contributed by atoms with Gasteiger partial charge in [0.1, 0.15) is 46.0 Å². The Bertz CT molecular complexity index is 3570. The minimum Gasteiger partial charge on any atom is -0.457 e. The topological polar surface area (TPSA) is 43.4 Å². The van der Waals surface area contributed by atoms with E-state index in [1.165, 1.54) is 32.3 Å². The van der Waals surface area contributed by atoms with Gasteiger partial charge in [0.05, 0.1) is 11.4 Å². The van der Waals surface area contributed by atoms with Crippen LogP contribution in [0.4, 0.5) is 34.1 Å². The fraction of sp³-hybridized carbons (Fsp3) is 0. The predicted octanol–water partition coefficient (Wildman–Crippen LogP) is 19.8. The summed E-state index contributed by atoms with van der Waals surface area (Å²) in [6.45, 7) is 0. The second kappa shape index (κ2) is 19.3. The minimum absolute atomic E-state index is 0.759. The molecule has 0 heterocycles. The average molecular weight is 955 g/mol. The number of hydrogen-bond donors (Lipinski definition) is 0. The lowest BCUT2D eigenvalue weighted by Crippen LogP contribution is -2.11. The monoisotopic (exact) mass is 954 g/mol. The molecule has 0 aliphatic rings. The van der Waals surface area contributed by atoms with E-state index in [-0.39, 0.29) is 0 Å². The lowest BCUT2D eigenvalue weighted by atomic mass is 9.88. The van der Waals surface area contributed by atoms with Crippen LogP contribution in [0.3, 0.4) is 0 Å². The van der Waals surface area contributed by atoms with Crippen LogP contribution in [0.25, 0.3) is 43.1 Å². The van der Waals surface area contributed by atoms with Crippen molar-refractivity contribution >= 4 is 77.2 Å². The summed E-state index contributed by atoms with van der Waals surface area (Å²) in [5.41, 5.74) is 6.07. The lowest BCUT2D eigenvalue weighted by molar-refractivity contribution is 0.482. The van der Waals surface area contributed by atoms with Crippen molar-refractivity contribution < 1.29 is 18.9 Å². The van der Waals surface area contributed by atoms with E-state index in [4.69, 9.17) is 18.9 Å². The summed E-state index contributed by atoms with van der Waals surface area (Å²) in [7, 11) is 0. The van der Waals surface area contributed by atoms with Gasteiger partial charge in [-0.2, -0.15) is 0 Å². The van der Waals surface area contributed by atoms with Crippen LogP contribution in [0, 0.1) is 0 Å². The highest BCUT2D eigenvalue weighted by atomic mass is 16.5. The summed E-state index contributed by atoms with van der Waals surface area (Å²) in [5, 5.41) is 9.42. The highest BCUT2D eigenvalue weighted by Gasteiger charge is 2.23. The summed E-state index contributed by atoms with van der Waals surface area (Å²) < 4.78 is 25.0. The molecule has 0 amide bonds. The third-order valence-electron chi connectivity index (χ3n) is 13.4. The number of fused-ring (bicyclic) bond motifs is 2. The van der Waals surface area contributed by atoms with Gasteiger partial charge in [-0.05, 0) is 190 Å². The minimum atomic E-state index is 0.759. The quantitative estimate of drug-likeness (QED) is 0.0799. The first-order valence-electron chi connectivity index (χ1n) is 24.7. The van der Waals surface area contributed by atoms with Crippen molar-refractivity contribution in [1.82, 2.24) is 0 Å². The molecule has 0 unspecified atom stereocenters. The number of ether oxygens (including phenoxy) is 4. The molecular formula is C68H46N2O4. The first-order valence-corrected chi connectivity index (χ1v) is 24.7. The van der Waals surface area contributed by atoms with Gasteiger partial charge in [-0.1, -0.05) is 121 Å². The van der Waals surface area contributed by atoms with Crippen LogP contribution in [-0.4, -0.2) is 0 Å². The normalized spacial score (nSPS) is 11.2. The van der Waals surface area contributed by atoms with E-state index >= 15 is 0 Å². The predicted molar refractivity (Wildman–Crippen MR) is 303 cm³/mol. The molecule has 0 N–H and O–H groups in total. The van der Waals surface area contributed by atoms with Crippen molar-refractivity contribution in [3.05, 3.63) is 279 Å². The summed E-state index contributed by atoms with van der Waals surface area (Å²) >= 11 is 0. The Balaban J connectivity index is 0.935. The largest absolute Gasteiger partial charge is 0.457 e. The van der Waals surface area contributed by atoms with E-state index in [1.807, 2.05) is 170 Å². The molecule has 0 saturated heterocycles. The summed E-state index contributed by atoms with van der Waals surface area (Å²) in [6.07, 6.45) is 0. The van der Waals surface area contributed by atoms with Crippen molar-refractivity contribution in [2.45, 2.75) is 0 Å². The lowest BCUT2D eigenvalue weighted by Gasteiger charge is -2.29. The Kier molecular flexibility index (Phi) is 11.4. The first kappa shape index (κ1) is 43.9. The average Bonchev–Trinajstić information content (AvgIpc) is 3.46. The Hall–Kier alpha value is -10.0. The summed E-state index contributed by atoms with van der Waals surface area (Å²) in [4.78, 5) is 4.65. The van der Waals surface area contributed by atoms with Crippen molar-refractivity contribution in [2.75, 3.05) is 9.80 Å². The van der Waals surface area contributed by atoms with Crippen molar-refractivity contribution in [3.8, 4) is 46.0 Å².